The summed E-state index contributed by atoms with van der Waals surface area (Å²) >= 11 is 0. The molecule has 4 nitrogen and oxygen atoms in total. The molecule has 0 rings (SSSR count). The molecule has 0 aromatic carbocycles. The summed E-state index contributed by atoms with van der Waals surface area (Å²) in [6.07, 6.45) is 1.46. The standard InChI is InChI=1S/C11H28N4/c1-6-14(7-2)11(15(12)8-3)9-10-13(4)5/h11H,6-10,12H2,1-5H3. The van der Waals surface area contributed by atoms with Gasteiger partial charge in [0.2, 0.25) is 0 Å². The lowest BCUT2D eigenvalue weighted by molar-refractivity contribution is 0.0410. The molecule has 0 aromatic rings. The van der Waals surface area contributed by atoms with Crippen molar-refractivity contribution in [1.29, 1.82) is 0 Å². The first-order chi connectivity index (χ1) is 7.06. The van der Waals surface area contributed by atoms with Gasteiger partial charge >= 0.3 is 0 Å². The quantitative estimate of drug-likeness (QED) is 0.370. The fourth-order valence-electron chi connectivity index (χ4n) is 1.79. The zero-order valence-electron chi connectivity index (χ0n) is 11.0. The average Bonchev–Trinajstić information content (AvgIpc) is 2.22. The Balaban J connectivity index is 4.28. The predicted octanol–water partition coefficient (Wildman–Crippen LogP) is 0.802. The van der Waals surface area contributed by atoms with Crippen LogP contribution >= 0.6 is 0 Å². The van der Waals surface area contributed by atoms with Gasteiger partial charge in [-0.1, -0.05) is 20.8 Å². The van der Waals surface area contributed by atoms with Gasteiger partial charge in [0, 0.05) is 13.1 Å². The molecule has 15 heavy (non-hydrogen) atoms. The Hall–Kier alpha value is -0.160. The van der Waals surface area contributed by atoms with Crippen LogP contribution in [-0.4, -0.2) is 61.2 Å². The fourth-order valence-corrected chi connectivity index (χ4v) is 1.79. The van der Waals surface area contributed by atoms with E-state index in [4.69, 9.17) is 5.84 Å². The molecule has 0 radical (unpaired) electrons. The first kappa shape index (κ1) is 14.8. The Labute approximate surface area is 95.0 Å². The van der Waals surface area contributed by atoms with E-state index in [0.717, 1.165) is 32.6 Å². The summed E-state index contributed by atoms with van der Waals surface area (Å²) < 4.78 is 0. The van der Waals surface area contributed by atoms with Crippen LogP contribution in [0.1, 0.15) is 27.2 Å². The molecule has 4 heteroatoms. The van der Waals surface area contributed by atoms with Crippen LogP contribution < -0.4 is 5.84 Å². The summed E-state index contributed by atoms with van der Waals surface area (Å²) in [6.45, 7) is 10.6. The SMILES string of the molecule is CCN(N)C(CCN(C)C)N(CC)CC. The van der Waals surface area contributed by atoms with Crippen LogP contribution in [0.2, 0.25) is 0 Å². The van der Waals surface area contributed by atoms with Crippen molar-refractivity contribution in [1.82, 2.24) is 14.8 Å². The van der Waals surface area contributed by atoms with Gasteiger partial charge in [0.15, 0.2) is 0 Å². The molecule has 92 valence electrons. The maximum Gasteiger partial charge on any atom is 0.0767 e. The Morgan fingerprint density at radius 2 is 1.53 bits per heavy atom. The normalized spacial score (nSPS) is 14.2. The summed E-state index contributed by atoms with van der Waals surface area (Å²) in [5.74, 6) is 6.03. The Kier molecular flexibility index (Phi) is 7.96. The Bertz CT molecular complexity index is 146. The highest BCUT2D eigenvalue weighted by Crippen LogP contribution is 2.07. The zero-order chi connectivity index (χ0) is 11.8. The highest BCUT2D eigenvalue weighted by molar-refractivity contribution is 4.69. The number of nitrogens with zero attached hydrogens (tertiary/aromatic N) is 3. The van der Waals surface area contributed by atoms with Crippen molar-refractivity contribution in [2.75, 3.05) is 40.3 Å². The minimum absolute atomic E-state index is 0.368. The van der Waals surface area contributed by atoms with Gasteiger partial charge in [0.05, 0.1) is 6.17 Å². The largest absolute Gasteiger partial charge is 0.309 e. The van der Waals surface area contributed by atoms with Crippen molar-refractivity contribution in [2.24, 2.45) is 5.84 Å². The Morgan fingerprint density at radius 1 is 1.00 bits per heavy atom. The molecule has 0 saturated heterocycles. The highest BCUT2D eigenvalue weighted by atomic mass is 15.5. The van der Waals surface area contributed by atoms with Crippen molar-refractivity contribution in [3.05, 3.63) is 0 Å². The van der Waals surface area contributed by atoms with Crippen LogP contribution in [0.3, 0.4) is 0 Å². The summed E-state index contributed by atoms with van der Waals surface area (Å²) in [5, 5.41) is 1.94. The van der Waals surface area contributed by atoms with Crippen LogP contribution in [0.25, 0.3) is 0 Å². The lowest BCUT2D eigenvalue weighted by atomic mass is 10.2. The average molecular weight is 216 g/mol. The van der Waals surface area contributed by atoms with Gasteiger partial charge in [-0.2, -0.15) is 0 Å². The molecule has 0 aromatic heterocycles. The maximum atomic E-state index is 6.03. The lowest BCUT2D eigenvalue weighted by Gasteiger charge is -2.36. The molecule has 0 aliphatic carbocycles. The maximum absolute atomic E-state index is 6.03. The zero-order valence-corrected chi connectivity index (χ0v) is 11.0. The van der Waals surface area contributed by atoms with Gasteiger partial charge in [0.1, 0.15) is 0 Å². The number of hydrogen-bond donors (Lipinski definition) is 1. The number of rotatable bonds is 8. The summed E-state index contributed by atoms with van der Waals surface area (Å²) in [6, 6.07) is 0. The molecule has 0 fully saturated rings. The number of hydrazine groups is 1. The molecular weight excluding hydrogens is 188 g/mol. The first-order valence-corrected chi connectivity index (χ1v) is 5.96. The van der Waals surface area contributed by atoms with Gasteiger partial charge in [0.25, 0.3) is 0 Å². The number of nitrogens with two attached hydrogens (primary N) is 1. The topological polar surface area (TPSA) is 35.7 Å². The minimum Gasteiger partial charge on any atom is -0.309 e. The second-order valence-electron chi connectivity index (χ2n) is 4.12. The predicted molar refractivity (Wildman–Crippen MR) is 66.4 cm³/mol. The van der Waals surface area contributed by atoms with Gasteiger partial charge in [-0.05, 0) is 33.6 Å². The molecule has 0 heterocycles. The molecule has 1 atom stereocenters. The van der Waals surface area contributed by atoms with E-state index >= 15 is 0 Å². The third kappa shape index (κ3) is 5.47. The van der Waals surface area contributed by atoms with Crippen LogP contribution in [0.15, 0.2) is 0 Å². The molecule has 0 bridgehead atoms. The van der Waals surface area contributed by atoms with Crippen molar-refractivity contribution in [2.45, 2.75) is 33.4 Å². The highest BCUT2D eigenvalue weighted by Gasteiger charge is 2.19. The molecule has 0 amide bonds. The minimum atomic E-state index is 0.368. The third-order valence-electron chi connectivity index (χ3n) is 2.82. The monoisotopic (exact) mass is 216 g/mol. The first-order valence-electron chi connectivity index (χ1n) is 5.96. The van der Waals surface area contributed by atoms with E-state index in [9.17, 15) is 0 Å². The summed E-state index contributed by atoms with van der Waals surface area (Å²) in [4.78, 5) is 4.62. The van der Waals surface area contributed by atoms with E-state index in [1.807, 2.05) is 5.01 Å². The van der Waals surface area contributed by atoms with Gasteiger partial charge in [-0.15, -0.1) is 0 Å². The summed E-state index contributed by atoms with van der Waals surface area (Å²) in [5.41, 5.74) is 0. The molecular formula is C11H28N4. The van der Waals surface area contributed by atoms with Crippen molar-refractivity contribution in [3.8, 4) is 0 Å². The van der Waals surface area contributed by atoms with E-state index < -0.39 is 0 Å². The number of hydrogen-bond acceptors (Lipinski definition) is 4. The van der Waals surface area contributed by atoms with Crippen LogP contribution in [0.5, 0.6) is 0 Å². The van der Waals surface area contributed by atoms with Crippen molar-refractivity contribution in [3.63, 3.8) is 0 Å². The van der Waals surface area contributed by atoms with Gasteiger partial charge in [-0.3, -0.25) is 10.7 Å². The van der Waals surface area contributed by atoms with E-state index in [-0.39, 0.29) is 0 Å². The van der Waals surface area contributed by atoms with Gasteiger partial charge < -0.3 is 4.90 Å². The van der Waals surface area contributed by atoms with Crippen LogP contribution in [0, 0.1) is 0 Å². The molecule has 1 unspecified atom stereocenters. The molecule has 0 aliphatic heterocycles. The molecule has 0 spiro atoms. The van der Waals surface area contributed by atoms with Crippen LogP contribution in [-0.2, 0) is 0 Å². The van der Waals surface area contributed by atoms with E-state index in [1.165, 1.54) is 0 Å². The lowest BCUT2D eigenvalue weighted by Crippen LogP contribution is -2.52. The molecule has 0 saturated carbocycles. The summed E-state index contributed by atoms with van der Waals surface area (Å²) in [7, 11) is 4.21. The van der Waals surface area contributed by atoms with Crippen molar-refractivity contribution < 1.29 is 0 Å². The smallest absolute Gasteiger partial charge is 0.0767 e. The molecule has 0 aliphatic rings. The van der Waals surface area contributed by atoms with E-state index in [0.29, 0.717) is 6.17 Å². The van der Waals surface area contributed by atoms with E-state index in [2.05, 4.69) is 44.7 Å². The van der Waals surface area contributed by atoms with Gasteiger partial charge in [-0.25, -0.2) is 5.01 Å². The van der Waals surface area contributed by atoms with Crippen molar-refractivity contribution >= 4 is 0 Å². The second-order valence-corrected chi connectivity index (χ2v) is 4.12. The molecule has 2 N–H and O–H groups in total. The van der Waals surface area contributed by atoms with Crippen LogP contribution in [0.4, 0.5) is 0 Å². The fraction of sp³-hybridized carbons (Fsp3) is 1.00. The van der Waals surface area contributed by atoms with E-state index in [1.54, 1.807) is 0 Å². The second kappa shape index (κ2) is 8.05. The third-order valence-corrected chi connectivity index (χ3v) is 2.82. The Morgan fingerprint density at radius 3 is 1.87 bits per heavy atom.